The summed E-state index contributed by atoms with van der Waals surface area (Å²) in [5.41, 5.74) is 0. The molecule has 0 aromatic carbocycles. The molecule has 1 saturated carbocycles. The van der Waals surface area contributed by atoms with E-state index in [1.807, 2.05) is 0 Å². The quantitative estimate of drug-likeness (QED) is 0.641. The van der Waals surface area contributed by atoms with Crippen molar-refractivity contribution in [1.82, 2.24) is 25.9 Å². The van der Waals surface area contributed by atoms with E-state index in [2.05, 4.69) is 25.9 Å². The molecule has 1 amide bonds. The Morgan fingerprint density at radius 1 is 1.62 bits per heavy atom. The fourth-order valence-electron chi connectivity index (χ4n) is 1.08. The minimum absolute atomic E-state index is 0.156. The predicted molar refractivity (Wildman–Crippen MR) is 43.6 cm³/mol. The third-order valence-corrected chi connectivity index (χ3v) is 1.99. The lowest BCUT2D eigenvalue weighted by molar-refractivity contribution is -0.122. The molecule has 13 heavy (non-hydrogen) atoms. The minimum Gasteiger partial charge on any atom is -0.355 e. The number of hydrogen-bond donors (Lipinski definition) is 2. The van der Waals surface area contributed by atoms with Crippen LogP contribution < -0.4 is 5.32 Å². The molecule has 1 aromatic heterocycles. The van der Waals surface area contributed by atoms with Crippen molar-refractivity contribution < 1.29 is 4.79 Å². The van der Waals surface area contributed by atoms with Gasteiger partial charge in [0.25, 0.3) is 0 Å². The van der Waals surface area contributed by atoms with Crippen LogP contribution in [-0.4, -0.2) is 33.1 Å². The average molecular weight is 181 g/mol. The van der Waals surface area contributed by atoms with Crippen LogP contribution in [0, 0.1) is 5.92 Å². The van der Waals surface area contributed by atoms with Crippen molar-refractivity contribution in [3.05, 3.63) is 5.82 Å². The zero-order valence-electron chi connectivity index (χ0n) is 7.16. The Morgan fingerprint density at radius 3 is 3.08 bits per heavy atom. The van der Waals surface area contributed by atoms with Crippen molar-refractivity contribution in [3.63, 3.8) is 0 Å². The second kappa shape index (κ2) is 3.51. The first-order valence-corrected chi connectivity index (χ1v) is 4.36. The molecule has 1 heterocycles. The third-order valence-electron chi connectivity index (χ3n) is 1.99. The van der Waals surface area contributed by atoms with Crippen molar-refractivity contribution in [2.24, 2.45) is 5.92 Å². The highest BCUT2D eigenvalue weighted by Gasteiger charge is 2.28. The Morgan fingerprint density at radius 2 is 2.46 bits per heavy atom. The van der Waals surface area contributed by atoms with Gasteiger partial charge in [-0.3, -0.25) is 4.79 Å². The Balaban J connectivity index is 1.66. The Bertz CT molecular complexity index is 279. The van der Waals surface area contributed by atoms with Crippen LogP contribution in [-0.2, 0) is 11.2 Å². The second-order valence-corrected chi connectivity index (χ2v) is 3.14. The first-order chi connectivity index (χ1) is 6.36. The lowest BCUT2D eigenvalue weighted by Crippen LogP contribution is -2.27. The summed E-state index contributed by atoms with van der Waals surface area (Å²) in [6, 6.07) is 0. The standard InChI is InChI=1S/C7H11N5O/c13-7(5-1-2-5)8-4-3-6-9-11-12-10-6/h5H,1-4H2,(H,8,13)(H,9,10,11,12). The lowest BCUT2D eigenvalue weighted by Gasteiger charge is -2.00. The number of aromatic amines is 1. The molecule has 0 saturated heterocycles. The summed E-state index contributed by atoms with van der Waals surface area (Å²) in [5, 5.41) is 16.2. The normalized spacial score (nSPS) is 15.7. The van der Waals surface area contributed by atoms with Gasteiger partial charge < -0.3 is 5.32 Å². The van der Waals surface area contributed by atoms with Gasteiger partial charge in [-0.15, -0.1) is 10.2 Å². The average Bonchev–Trinajstić information content (AvgIpc) is 2.86. The Kier molecular flexibility index (Phi) is 2.20. The van der Waals surface area contributed by atoms with Gasteiger partial charge in [0, 0.05) is 18.9 Å². The molecule has 1 aromatic rings. The van der Waals surface area contributed by atoms with E-state index in [0.29, 0.717) is 18.8 Å². The van der Waals surface area contributed by atoms with Crippen LogP contribution in [0.3, 0.4) is 0 Å². The van der Waals surface area contributed by atoms with Crippen LogP contribution in [0.5, 0.6) is 0 Å². The largest absolute Gasteiger partial charge is 0.355 e. The second-order valence-electron chi connectivity index (χ2n) is 3.14. The van der Waals surface area contributed by atoms with Gasteiger partial charge in [-0.1, -0.05) is 5.21 Å². The van der Waals surface area contributed by atoms with Gasteiger partial charge in [0.05, 0.1) is 0 Å². The third kappa shape index (κ3) is 2.24. The predicted octanol–water partition coefficient (Wildman–Crippen LogP) is -0.732. The zero-order chi connectivity index (χ0) is 9.10. The Labute approximate surface area is 75.1 Å². The molecule has 6 nitrogen and oxygen atoms in total. The summed E-state index contributed by atoms with van der Waals surface area (Å²) < 4.78 is 0. The van der Waals surface area contributed by atoms with Crippen LogP contribution in [0.25, 0.3) is 0 Å². The number of tetrazole rings is 1. The van der Waals surface area contributed by atoms with E-state index in [1.54, 1.807) is 0 Å². The molecule has 0 spiro atoms. The van der Waals surface area contributed by atoms with Crippen molar-refractivity contribution in [3.8, 4) is 0 Å². The van der Waals surface area contributed by atoms with E-state index >= 15 is 0 Å². The molecule has 70 valence electrons. The molecule has 1 fully saturated rings. The molecule has 2 rings (SSSR count). The number of H-pyrrole nitrogens is 1. The van der Waals surface area contributed by atoms with E-state index in [0.717, 1.165) is 12.8 Å². The number of rotatable bonds is 4. The highest BCUT2D eigenvalue weighted by molar-refractivity contribution is 5.80. The van der Waals surface area contributed by atoms with Gasteiger partial charge in [0.15, 0.2) is 5.82 Å². The summed E-state index contributed by atoms with van der Waals surface area (Å²) >= 11 is 0. The van der Waals surface area contributed by atoms with Gasteiger partial charge >= 0.3 is 0 Å². The van der Waals surface area contributed by atoms with Crippen LogP contribution in [0.15, 0.2) is 0 Å². The van der Waals surface area contributed by atoms with E-state index < -0.39 is 0 Å². The van der Waals surface area contributed by atoms with Crippen LogP contribution in [0.1, 0.15) is 18.7 Å². The molecule has 0 bridgehead atoms. The minimum atomic E-state index is 0.156. The monoisotopic (exact) mass is 181 g/mol. The lowest BCUT2D eigenvalue weighted by atomic mass is 10.3. The van der Waals surface area contributed by atoms with Gasteiger partial charge in [-0.25, -0.2) is 0 Å². The molecular weight excluding hydrogens is 170 g/mol. The van der Waals surface area contributed by atoms with E-state index in [1.165, 1.54) is 0 Å². The van der Waals surface area contributed by atoms with Gasteiger partial charge in [0.1, 0.15) is 0 Å². The maximum absolute atomic E-state index is 11.2. The number of nitrogens with zero attached hydrogens (tertiary/aromatic N) is 3. The number of carbonyl (C=O) groups is 1. The van der Waals surface area contributed by atoms with E-state index in [9.17, 15) is 4.79 Å². The van der Waals surface area contributed by atoms with E-state index in [-0.39, 0.29) is 11.8 Å². The van der Waals surface area contributed by atoms with Crippen molar-refractivity contribution >= 4 is 5.91 Å². The molecule has 1 aliphatic carbocycles. The van der Waals surface area contributed by atoms with Crippen LogP contribution >= 0.6 is 0 Å². The number of carbonyl (C=O) groups excluding carboxylic acids is 1. The molecule has 1 aliphatic rings. The number of aromatic nitrogens is 4. The summed E-state index contributed by atoms with van der Waals surface area (Å²) in [4.78, 5) is 11.2. The summed E-state index contributed by atoms with van der Waals surface area (Å²) in [7, 11) is 0. The fourth-order valence-corrected chi connectivity index (χ4v) is 1.08. The SMILES string of the molecule is O=C(NCCc1nn[nH]n1)C1CC1. The van der Waals surface area contributed by atoms with Gasteiger partial charge in [-0.2, -0.15) is 5.21 Å². The maximum atomic E-state index is 11.2. The summed E-state index contributed by atoms with van der Waals surface area (Å²) in [6.07, 6.45) is 2.71. The summed E-state index contributed by atoms with van der Waals surface area (Å²) in [6.45, 7) is 0.592. The Hall–Kier alpha value is -1.46. The van der Waals surface area contributed by atoms with Crippen molar-refractivity contribution in [2.45, 2.75) is 19.3 Å². The molecular formula is C7H11N5O. The molecule has 0 atom stereocenters. The summed E-state index contributed by atoms with van der Waals surface area (Å²) in [5.74, 6) is 1.06. The fraction of sp³-hybridized carbons (Fsp3) is 0.714. The first-order valence-electron chi connectivity index (χ1n) is 4.36. The number of nitrogens with one attached hydrogen (secondary N) is 2. The highest BCUT2D eigenvalue weighted by atomic mass is 16.2. The van der Waals surface area contributed by atoms with Crippen molar-refractivity contribution in [1.29, 1.82) is 0 Å². The highest BCUT2D eigenvalue weighted by Crippen LogP contribution is 2.28. The van der Waals surface area contributed by atoms with Crippen LogP contribution in [0.4, 0.5) is 0 Å². The molecule has 2 N–H and O–H groups in total. The first kappa shape index (κ1) is 8.15. The van der Waals surface area contributed by atoms with Gasteiger partial charge in [0.2, 0.25) is 5.91 Å². The van der Waals surface area contributed by atoms with E-state index in [4.69, 9.17) is 0 Å². The smallest absolute Gasteiger partial charge is 0.223 e. The van der Waals surface area contributed by atoms with Crippen LogP contribution in [0.2, 0.25) is 0 Å². The maximum Gasteiger partial charge on any atom is 0.223 e. The molecule has 0 aliphatic heterocycles. The number of amides is 1. The van der Waals surface area contributed by atoms with Crippen molar-refractivity contribution in [2.75, 3.05) is 6.54 Å². The molecule has 6 heteroatoms. The molecule has 0 unspecified atom stereocenters. The van der Waals surface area contributed by atoms with Gasteiger partial charge in [-0.05, 0) is 12.8 Å². The topological polar surface area (TPSA) is 83.6 Å². The zero-order valence-corrected chi connectivity index (χ0v) is 7.16. The number of hydrogen-bond acceptors (Lipinski definition) is 4. The molecule has 0 radical (unpaired) electrons.